The summed E-state index contributed by atoms with van der Waals surface area (Å²) >= 11 is 0. The Hall–Kier alpha value is -2.70. The van der Waals surface area contributed by atoms with Crippen molar-refractivity contribution in [1.82, 2.24) is 14.5 Å². The number of rotatable bonds is 4. The predicted octanol–water partition coefficient (Wildman–Crippen LogP) is 2.52. The quantitative estimate of drug-likeness (QED) is 0.927. The number of hydrogen-bond donors (Lipinski definition) is 1. The average molecular weight is 344 g/mol. The molecule has 0 spiro atoms. The fourth-order valence-corrected chi connectivity index (χ4v) is 3.09. The molecule has 2 amide bonds. The molecule has 3 rings (SSSR count). The summed E-state index contributed by atoms with van der Waals surface area (Å²) in [5, 5.41) is 2.78. The van der Waals surface area contributed by atoms with Crippen molar-refractivity contribution < 1.29 is 14.0 Å². The number of imidazole rings is 1. The van der Waals surface area contributed by atoms with E-state index in [1.54, 1.807) is 27.9 Å². The van der Waals surface area contributed by atoms with Gasteiger partial charge in [-0.05, 0) is 39.0 Å². The smallest absolute Gasteiger partial charge is 0.229 e. The Kier molecular flexibility index (Phi) is 4.57. The molecule has 2 heterocycles. The van der Waals surface area contributed by atoms with Gasteiger partial charge in [-0.15, -0.1) is 0 Å². The molecule has 25 heavy (non-hydrogen) atoms. The van der Waals surface area contributed by atoms with Gasteiger partial charge in [0.1, 0.15) is 11.6 Å². The molecule has 2 aromatic rings. The molecule has 0 radical (unpaired) electrons. The summed E-state index contributed by atoms with van der Waals surface area (Å²) in [4.78, 5) is 30.5. The van der Waals surface area contributed by atoms with Crippen molar-refractivity contribution in [2.24, 2.45) is 5.92 Å². The van der Waals surface area contributed by atoms with Crippen LogP contribution in [0.2, 0.25) is 0 Å². The van der Waals surface area contributed by atoms with Gasteiger partial charge in [-0.2, -0.15) is 0 Å². The van der Waals surface area contributed by atoms with Crippen LogP contribution in [0, 0.1) is 18.7 Å². The second-order valence-electron chi connectivity index (χ2n) is 6.54. The maximum absolute atomic E-state index is 13.7. The first kappa shape index (κ1) is 17.1. The number of halogens is 1. The van der Waals surface area contributed by atoms with E-state index >= 15 is 0 Å². The molecule has 0 saturated carbocycles. The molecule has 0 unspecified atom stereocenters. The van der Waals surface area contributed by atoms with Crippen molar-refractivity contribution in [3.8, 4) is 5.69 Å². The molecule has 1 aliphatic heterocycles. The second kappa shape index (κ2) is 6.66. The summed E-state index contributed by atoms with van der Waals surface area (Å²) in [5.74, 6) is -0.455. The number of likely N-dealkylation sites (tertiary alicyclic amines) is 1. The van der Waals surface area contributed by atoms with Crippen molar-refractivity contribution in [2.75, 3.05) is 11.9 Å². The number of carbonyl (C=O) groups excluding carboxylic acids is 2. The van der Waals surface area contributed by atoms with E-state index in [2.05, 4.69) is 10.3 Å². The van der Waals surface area contributed by atoms with E-state index in [4.69, 9.17) is 0 Å². The number of aryl methyl sites for hydroxylation is 1. The summed E-state index contributed by atoms with van der Waals surface area (Å²) in [6, 6.07) is 4.27. The Morgan fingerprint density at radius 3 is 2.76 bits per heavy atom. The summed E-state index contributed by atoms with van der Waals surface area (Å²) in [6.07, 6.45) is 3.57. The predicted molar refractivity (Wildman–Crippen MR) is 91.8 cm³/mol. The zero-order valence-corrected chi connectivity index (χ0v) is 14.5. The van der Waals surface area contributed by atoms with Crippen molar-refractivity contribution in [2.45, 2.75) is 33.2 Å². The van der Waals surface area contributed by atoms with Crippen LogP contribution in [0.3, 0.4) is 0 Å². The maximum Gasteiger partial charge on any atom is 0.229 e. The van der Waals surface area contributed by atoms with Crippen LogP contribution in [0.15, 0.2) is 30.6 Å². The monoisotopic (exact) mass is 344 g/mol. The molecular formula is C18H21FN4O2. The Balaban J connectivity index is 1.84. The largest absolute Gasteiger partial charge is 0.339 e. The molecule has 1 atom stereocenters. The summed E-state index contributed by atoms with van der Waals surface area (Å²) in [7, 11) is 0. The minimum Gasteiger partial charge on any atom is -0.339 e. The van der Waals surface area contributed by atoms with Gasteiger partial charge >= 0.3 is 0 Å². The second-order valence-corrected chi connectivity index (χ2v) is 6.54. The summed E-state index contributed by atoms with van der Waals surface area (Å²) < 4.78 is 15.5. The Bertz CT molecular complexity index is 815. The van der Waals surface area contributed by atoms with Crippen molar-refractivity contribution in [3.05, 3.63) is 42.2 Å². The first-order chi connectivity index (χ1) is 11.9. The fraction of sp³-hybridized carbons (Fsp3) is 0.389. The molecule has 1 aromatic heterocycles. The molecule has 1 aliphatic rings. The topological polar surface area (TPSA) is 67.2 Å². The molecular weight excluding hydrogens is 323 g/mol. The normalized spacial score (nSPS) is 17.4. The number of amides is 2. The third kappa shape index (κ3) is 3.40. The van der Waals surface area contributed by atoms with Gasteiger partial charge in [0.15, 0.2) is 0 Å². The Morgan fingerprint density at radius 2 is 2.16 bits per heavy atom. The van der Waals surface area contributed by atoms with Crippen LogP contribution >= 0.6 is 0 Å². The van der Waals surface area contributed by atoms with Gasteiger partial charge in [0.25, 0.3) is 0 Å². The minimum absolute atomic E-state index is 0.0277. The summed E-state index contributed by atoms with van der Waals surface area (Å²) in [6.45, 7) is 6.05. The van der Waals surface area contributed by atoms with Gasteiger partial charge in [-0.3, -0.25) is 9.59 Å². The lowest BCUT2D eigenvalue weighted by molar-refractivity contribution is -0.129. The van der Waals surface area contributed by atoms with E-state index in [1.165, 1.54) is 12.1 Å². The van der Waals surface area contributed by atoms with Gasteiger partial charge in [-0.25, -0.2) is 9.37 Å². The molecule has 1 fully saturated rings. The van der Waals surface area contributed by atoms with Gasteiger partial charge < -0.3 is 14.8 Å². The molecule has 7 heteroatoms. The molecule has 1 saturated heterocycles. The van der Waals surface area contributed by atoms with E-state index in [9.17, 15) is 14.0 Å². The first-order valence-electron chi connectivity index (χ1n) is 8.27. The molecule has 132 valence electrons. The number of hydrogen-bond acceptors (Lipinski definition) is 3. The lowest BCUT2D eigenvalue weighted by Gasteiger charge is -2.21. The number of anilines is 1. The zero-order valence-electron chi connectivity index (χ0n) is 14.5. The third-order valence-corrected chi connectivity index (χ3v) is 4.45. The third-order valence-electron chi connectivity index (χ3n) is 4.45. The Morgan fingerprint density at radius 1 is 1.40 bits per heavy atom. The van der Waals surface area contributed by atoms with Crippen LogP contribution in [0.25, 0.3) is 5.69 Å². The van der Waals surface area contributed by atoms with Gasteiger partial charge in [0.2, 0.25) is 11.8 Å². The molecule has 0 aliphatic carbocycles. The maximum atomic E-state index is 13.7. The van der Waals surface area contributed by atoms with Crippen LogP contribution < -0.4 is 5.32 Å². The highest BCUT2D eigenvalue weighted by molar-refractivity contribution is 5.98. The van der Waals surface area contributed by atoms with Gasteiger partial charge in [-0.1, -0.05) is 0 Å². The number of nitrogens with zero attached hydrogens (tertiary/aromatic N) is 3. The van der Waals surface area contributed by atoms with Crippen LogP contribution in [-0.4, -0.2) is 38.9 Å². The number of aromatic nitrogens is 2. The first-order valence-corrected chi connectivity index (χ1v) is 8.27. The highest BCUT2D eigenvalue weighted by atomic mass is 19.1. The Labute approximate surface area is 145 Å². The van der Waals surface area contributed by atoms with Crippen LogP contribution in [0.4, 0.5) is 10.1 Å². The van der Waals surface area contributed by atoms with Gasteiger partial charge in [0, 0.05) is 31.4 Å². The lowest BCUT2D eigenvalue weighted by atomic mass is 10.1. The van der Waals surface area contributed by atoms with E-state index in [1.807, 2.05) is 20.8 Å². The summed E-state index contributed by atoms with van der Waals surface area (Å²) in [5.41, 5.74) is 0.997. The van der Waals surface area contributed by atoms with Crippen molar-refractivity contribution in [1.29, 1.82) is 0 Å². The number of carbonyl (C=O) groups is 2. The number of benzene rings is 1. The molecule has 6 nitrogen and oxygen atoms in total. The highest BCUT2D eigenvalue weighted by Gasteiger charge is 2.35. The van der Waals surface area contributed by atoms with Crippen molar-refractivity contribution >= 4 is 17.5 Å². The van der Waals surface area contributed by atoms with Crippen LogP contribution in [-0.2, 0) is 9.59 Å². The average Bonchev–Trinajstić information content (AvgIpc) is 3.13. The number of nitrogens with one attached hydrogen (secondary N) is 1. The highest BCUT2D eigenvalue weighted by Crippen LogP contribution is 2.26. The van der Waals surface area contributed by atoms with Crippen LogP contribution in [0.5, 0.6) is 0 Å². The lowest BCUT2D eigenvalue weighted by Crippen LogP contribution is -2.33. The fourth-order valence-electron chi connectivity index (χ4n) is 3.09. The molecule has 0 bridgehead atoms. The van der Waals surface area contributed by atoms with E-state index in [0.717, 1.165) is 5.82 Å². The standard InChI is InChI=1S/C18H21FN4O2/c1-11(2)23-10-13(8-17(23)24)18(25)21-15-9-14(19)4-5-16(15)22-7-6-20-12(22)3/h4-7,9,11,13H,8,10H2,1-3H3,(H,21,25)/t13-/m1/s1. The van der Waals surface area contributed by atoms with Crippen LogP contribution in [0.1, 0.15) is 26.1 Å². The van der Waals surface area contributed by atoms with E-state index in [0.29, 0.717) is 17.9 Å². The van der Waals surface area contributed by atoms with E-state index < -0.39 is 11.7 Å². The minimum atomic E-state index is -0.442. The van der Waals surface area contributed by atoms with Gasteiger partial charge in [0.05, 0.1) is 17.3 Å². The van der Waals surface area contributed by atoms with E-state index in [-0.39, 0.29) is 24.3 Å². The molecule has 1 aromatic carbocycles. The molecule has 1 N–H and O–H groups in total. The van der Waals surface area contributed by atoms with Crippen molar-refractivity contribution in [3.63, 3.8) is 0 Å². The zero-order chi connectivity index (χ0) is 18.1. The SMILES string of the molecule is Cc1nccn1-c1ccc(F)cc1NC(=O)[C@@H]1CC(=O)N(C(C)C)C1.